The minimum Gasteiger partial charge on any atom is -0.456 e. The van der Waals surface area contributed by atoms with Gasteiger partial charge in [-0.05, 0) is 43.9 Å². The number of benzene rings is 3. The molecule has 0 N–H and O–H groups in total. The Morgan fingerprint density at radius 3 is 2.54 bits per heavy atom. The monoisotopic (exact) mass is 341 g/mol. The molecule has 3 nitrogen and oxygen atoms in total. The van der Waals surface area contributed by atoms with E-state index < -0.39 is 0 Å². The van der Waals surface area contributed by atoms with Crippen molar-refractivity contribution in [3.63, 3.8) is 0 Å². The second-order valence-corrected chi connectivity index (χ2v) is 7.27. The van der Waals surface area contributed by atoms with Gasteiger partial charge in [-0.1, -0.05) is 30.3 Å². The van der Waals surface area contributed by atoms with Crippen molar-refractivity contribution in [3.05, 3.63) is 66.2 Å². The number of hydrogen-bond donors (Lipinski definition) is 0. The van der Waals surface area contributed by atoms with Crippen LogP contribution in [0.5, 0.6) is 11.5 Å². The molecule has 3 aromatic carbocycles. The van der Waals surface area contributed by atoms with Crippen molar-refractivity contribution in [2.45, 2.75) is 6.54 Å². The van der Waals surface area contributed by atoms with Crippen LogP contribution in [0.25, 0.3) is 32.9 Å². The largest absolute Gasteiger partial charge is 0.456 e. The third-order valence-electron chi connectivity index (χ3n) is 5.17. The van der Waals surface area contributed by atoms with Crippen LogP contribution in [-0.4, -0.2) is 19.0 Å². The Bertz CT molecular complexity index is 1180. The van der Waals surface area contributed by atoms with Gasteiger partial charge in [0.05, 0.1) is 16.3 Å². The molecule has 3 heteroatoms. The Morgan fingerprint density at radius 2 is 1.69 bits per heavy atom. The molecule has 1 aliphatic rings. The fourth-order valence-corrected chi connectivity index (χ4v) is 4.10. The molecule has 0 fully saturated rings. The summed E-state index contributed by atoms with van der Waals surface area (Å²) in [6.45, 7) is 0.934. The van der Waals surface area contributed by atoms with Gasteiger partial charge in [-0.15, -0.1) is 0 Å². The average Bonchev–Trinajstić information content (AvgIpc) is 2.64. The summed E-state index contributed by atoms with van der Waals surface area (Å²) >= 11 is 0. The number of ether oxygens (including phenoxy) is 1. The van der Waals surface area contributed by atoms with Crippen LogP contribution in [0.2, 0.25) is 0 Å². The average molecular weight is 341 g/mol. The fraction of sp³-hybridized carbons (Fsp3) is 0.174. The molecular weight excluding hydrogens is 320 g/mol. The number of aromatic nitrogens is 1. The van der Waals surface area contributed by atoms with E-state index in [-0.39, 0.29) is 0 Å². The van der Waals surface area contributed by atoms with E-state index in [1.807, 2.05) is 12.1 Å². The van der Waals surface area contributed by atoms with Crippen molar-refractivity contribution in [3.8, 4) is 22.8 Å². The van der Waals surface area contributed by atoms with Crippen LogP contribution in [0.1, 0.15) is 5.56 Å². The molecule has 0 saturated carbocycles. The van der Waals surface area contributed by atoms with Crippen LogP contribution in [-0.2, 0) is 13.6 Å². The lowest BCUT2D eigenvalue weighted by Gasteiger charge is -2.20. The van der Waals surface area contributed by atoms with Crippen molar-refractivity contribution in [1.82, 2.24) is 4.90 Å². The third kappa shape index (κ3) is 2.14. The Hall–Kier alpha value is -2.91. The molecule has 0 aliphatic carbocycles. The maximum atomic E-state index is 6.21. The van der Waals surface area contributed by atoms with E-state index in [1.54, 1.807) is 0 Å². The molecule has 0 bridgehead atoms. The first-order valence-electron chi connectivity index (χ1n) is 8.93. The number of para-hydroxylation sites is 1. The maximum absolute atomic E-state index is 6.21. The van der Waals surface area contributed by atoms with Crippen molar-refractivity contribution >= 4 is 21.7 Å². The SMILES string of the molecule is CN(C)Cc1ccc2c3cccc4c3c([n+](C)c2c1)-c1ccccc1O4. The van der Waals surface area contributed by atoms with Crippen LogP contribution in [0.3, 0.4) is 0 Å². The standard InChI is InChI=1S/C23H21N2O/c1-24(2)14-15-11-12-16-17-8-6-10-21-22(17)23(25(3)19(16)13-15)18-7-4-5-9-20(18)26-21/h4-13H,14H2,1-3H3/q+1. The van der Waals surface area contributed by atoms with Gasteiger partial charge in [0, 0.05) is 18.0 Å². The Labute approximate surface area is 153 Å². The van der Waals surface area contributed by atoms with Crippen molar-refractivity contribution < 1.29 is 9.30 Å². The predicted molar refractivity (Wildman–Crippen MR) is 106 cm³/mol. The minimum absolute atomic E-state index is 0.923. The molecule has 0 saturated heterocycles. The molecule has 0 unspecified atom stereocenters. The predicted octanol–water partition coefficient (Wildman–Crippen LogP) is 4.65. The number of hydrogen-bond acceptors (Lipinski definition) is 2. The summed E-state index contributed by atoms with van der Waals surface area (Å²) in [7, 11) is 6.37. The first-order chi connectivity index (χ1) is 12.6. The van der Waals surface area contributed by atoms with E-state index in [1.165, 1.54) is 32.9 Å². The molecule has 5 rings (SSSR count). The zero-order valence-electron chi connectivity index (χ0n) is 15.3. The van der Waals surface area contributed by atoms with Crippen molar-refractivity contribution in [1.29, 1.82) is 0 Å². The summed E-state index contributed by atoms with van der Waals surface area (Å²) in [5.74, 6) is 1.86. The number of aryl methyl sites for hydroxylation is 1. The first-order valence-corrected chi connectivity index (χ1v) is 8.93. The summed E-state index contributed by atoms with van der Waals surface area (Å²) < 4.78 is 8.53. The van der Waals surface area contributed by atoms with Crippen LogP contribution in [0.4, 0.5) is 0 Å². The van der Waals surface area contributed by atoms with Crippen molar-refractivity contribution in [2.24, 2.45) is 7.05 Å². The lowest BCUT2D eigenvalue weighted by Crippen LogP contribution is -2.33. The normalized spacial score (nSPS) is 12.5. The molecule has 0 amide bonds. The molecule has 0 radical (unpaired) electrons. The van der Waals surface area contributed by atoms with E-state index in [9.17, 15) is 0 Å². The second-order valence-electron chi connectivity index (χ2n) is 7.27. The van der Waals surface area contributed by atoms with Gasteiger partial charge >= 0.3 is 0 Å². The molecule has 1 aromatic heterocycles. The molecule has 0 spiro atoms. The lowest BCUT2D eigenvalue weighted by atomic mass is 9.95. The zero-order chi connectivity index (χ0) is 17.8. The van der Waals surface area contributed by atoms with Gasteiger partial charge in [-0.25, -0.2) is 0 Å². The van der Waals surface area contributed by atoms with Crippen LogP contribution in [0.15, 0.2) is 60.7 Å². The summed E-state index contributed by atoms with van der Waals surface area (Å²) in [4.78, 5) is 2.20. The highest BCUT2D eigenvalue weighted by molar-refractivity contribution is 6.12. The zero-order valence-corrected chi connectivity index (χ0v) is 15.3. The molecule has 2 heterocycles. The topological polar surface area (TPSA) is 16.4 Å². The second kappa shape index (κ2) is 5.55. The van der Waals surface area contributed by atoms with E-state index >= 15 is 0 Å². The van der Waals surface area contributed by atoms with Gasteiger partial charge in [0.15, 0.2) is 0 Å². The van der Waals surface area contributed by atoms with Gasteiger partial charge in [0.1, 0.15) is 18.5 Å². The third-order valence-corrected chi connectivity index (χ3v) is 5.17. The summed E-state index contributed by atoms with van der Waals surface area (Å²) in [5.41, 5.74) is 4.95. The van der Waals surface area contributed by atoms with E-state index in [4.69, 9.17) is 4.74 Å². The highest BCUT2D eigenvalue weighted by Crippen LogP contribution is 2.46. The van der Waals surface area contributed by atoms with E-state index in [2.05, 4.69) is 79.1 Å². The van der Waals surface area contributed by atoms with E-state index in [0.717, 1.165) is 23.6 Å². The summed E-state index contributed by atoms with van der Waals surface area (Å²) in [6, 6.07) is 21.4. The quantitative estimate of drug-likeness (QED) is 0.343. The molecular formula is C23H21N2O+. The first kappa shape index (κ1) is 15.4. The van der Waals surface area contributed by atoms with Crippen LogP contribution >= 0.6 is 0 Å². The molecule has 1 aliphatic heterocycles. The van der Waals surface area contributed by atoms with Gasteiger partial charge in [0.25, 0.3) is 0 Å². The summed E-state index contributed by atoms with van der Waals surface area (Å²) in [6.07, 6.45) is 0. The fourth-order valence-electron chi connectivity index (χ4n) is 4.10. The van der Waals surface area contributed by atoms with Gasteiger partial charge < -0.3 is 9.64 Å². The van der Waals surface area contributed by atoms with Crippen LogP contribution < -0.4 is 9.30 Å². The molecule has 26 heavy (non-hydrogen) atoms. The number of fused-ring (bicyclic) bond motifs is 4. The van der Waals surface area contributed by atoms with Crippen LogP contribution in [0, 0.1) is 0 Å². The van der Waals surface area contributed by atoms with Gasteiger partial charge in [-0.2, -0.15) is 4.57 Å². The highest BCUT2D eigenvalue weighted by atomic mass is 16.5. The Morgan fingerprint density at radius 1 is 0.885 bits per heavy atom. The number of pyridine rings is 1. The number of nitrogens with zero attached hydrogens (tertiary/aromatic N) is 2. The van der Waals surface area contributed by atoms with Gasteiger partial charge in [-0.3, -0.25) is 0 Å². The minimum atomic E-state index is 0.923. The Kier molecular flexibility index (Phi) is 3.28. The lowest BCUT2D eigenvalue weighted by molar-refractivity contribution is -0.632. The van der Waals surface area contributed by atoms with E-state index in [0.29, 0.717) is 0 Å². The smallest absolute Gasteiger partial charge is 0.228 e. The molecule has 0 atom stereocenters. The maximum Gasteiger partial charge on any atom is 0.228 e. The highest BCUT2D eigenvalue weighted by Gasteiger charge is 2.29. The Balaban J connectivity index is 1.93. The van der Waals surface area contributed by atoms with Crippen molar-refractivity contribution in [2.75, 3.05) is 14.1 Å². The summed E-state index contributed by atoms with van der Waals surface area (Å²) in [5, 5.41) is 3.71. The molecule has 4 aromatic rings. The van der Waals surface area contributed by atoms with Gasteiger partial charge in [0.2, 0.25) is 11.2 Å². The number of rotatable bonds is 2. The molecule has 128 valence electrons.